The number of aliphatic hydroxyl groups is 1. The van der Waals surface area contributed by atoms with Gasteiger partial charge in [-0.25, -0.2) is 4.79 Å². The summed E-state index contributed by atoms with van der Waals surface area (Å²) in [6, 6.07) is -0.0353. The van der Waals surface area contributed by atoms with E-state index in [9.17, 15) is 4.79 Å². The molecule has 0 bridgehead atoms. The van der Waals surface area contributed by atoms with Crippen LogP contribution in [0.15, 0.2) is 12.3 Å². The molecule has 2 aliphatic heterocycles. The molecule has 0 radical (unpaired) electrons. The zero-order valence-corrected chi connectivity index (χ0v) is 13.8. The van der Waals surface area contributed by atoms with Gasteiger partial charge in [0.15, 0.2) is 0 Å². The Morgan fingerprint density at radius 1 is 1.48 bits per heavy atom. The van der Waals surface area contributed by atoms with Gasteiger partial charge in [0.2, 0.25) is 0 Å². The molecule has 3 atom stereocenters. The maximum Gasteiger partial charge on any atom is 0.315 e. The molecule has 0 aromatic carbocycles. The standard InChI is InChI=1S/C15H27N3O2S/c1-11(16-8-9-19)6-4-5-7-12-15(3)14(2,10-21-12)17-13(20)18-15/h12,16,19H,1,4-10H2,2-3H3,(H2,17,18,20). The van der Waals surface area contributed by atoms with Crippen LogP contribution in [0.5, 0.6) is 0 Å². The highest BCUT2D eigenvalue weighted by molar-refractivity contribution is 8.00. The molecule has 2 rings (SSSR count). The van der Waals surface area contributed by atoms with Gasteiger partial charge in [0.1, 0.15) is 0 Å². The minimum Gasteiger partial charge on any atom is -0.395 e. The minimum atomic E-state index is -0.152. The highest BCUT2D eigenvalue weighted by Crippen LogP contribution is 2.47. The smallest absolute Gasteiger partial charge is 0.315 e. The fourth-order valence-corrected chi connectivity index (χ4v) is 5.09. The van der Waals surface area contributed by atoms with Gasteiger partial charge in [0.05, 0.1) is 17.7 Å². The monoisotopic (exact) mass is 313 g/mol. The molecular weight excluding hydrogens is 286 g/mol. The second kappa shape index (κ2) is 6.48. The van der Waals surface area contributed by atoms with E-state index in [1.807, 2.05) is 11.8 Å². The van der Waals surface area contributed by atoms with E-state index < -0.39 is 0 Å². The Labute approximate surface area is 131 Å². The molecule has 3 unspecified atom stereocenters. The summed E-state index contributed by atoms with van der Waals surface area (Å²) in [6.07, 6.45) is 4.25. The molecule has 4 N–H and O–H groups in total. The third kappa shape index (κ3) is 3.31. The van der Waals surface area contributed by atoms with Gasteiger partial charge in [-0.05, 0) is 33.1 Å². The fraction of sp³-hybridized carbons (Fsp3) is 0.800. The van der Waals surface area contributed by atoms with Gasteiger partial charge in [0, 0.05) is 23.2 Å². The zero-order chi connectivity index (χ0) is 15.5. The first kappa shape index (κ1) is 16.5. The second-order valence-corrected chi connectivity index (χ2v) is 7.60. The second-order valence-electron chi connectivity index (χ2n) is 6.41. The lowest BCUT2D eigenvalue weighted by atomic mass is 9.79. The maximum atomic E-state index is 11.7. The van der Waals surface area contributed by atoms with Crippen LogP contribution in [-0.2, 0) is 0 Å². The Morgan fingerprint density at radius 2 is 2.24 bits per heavy atom. The molecule has 120 valence electrons. The number of hydrogen-bond acceptors (Lipinski definition) is 4. The Morgan fingerprint density at radius 3 is 2.95 bits per heavy atom. The number of unbranched alkanes of at least 4 members (excludes halogenated alkanes) is 1. The first-order valence-corrected chi connectivity index (χ1v) is 8.70. The topological polar surface area (TPSA) is 73.4 Å². The van der Waals surface area contributed by atoms with Crippen LogP contribution >= 0.6 is 11.8 Å². The minimum absolute atomic E-state index is 0.0353. The predicted molar refractivity (Wildman–Crippen MR) is 87.4 cm³/mol. The number of hydrogen-bond donors (Lipinski definition) is 4. The summed E-state index contributed by atoms with van der Waals surface area (Å²) in [4.78, 5) is 11.7. The summed E-state index contributed by atoms with van der Waals surface area (Å²) in [7, 11) is 0. The fourth-order valence-electron chi connectivity index (χ4n) is 3.20. The molecule has 0 spiro atoms. The summed E-state index contributed by atoms with van der Waals surface area (Å²) >= 11 is 1.96. The lowest BCUT2D eigenvalue weighted by Gasteiger charge is -2.35. The number of amides is 2. The molecule has 5 nitrogen and oxygen atoms in total. The van der Waals surface area contributed by atoms with Crippen LogP contribution in [0.4, 0.5) is 4.79 Å². The number of carbonyl (C=O) groups is 1. The first-order chi connectivity index (χ1) is 9.91. The van der Waals surface area contributed by atoms with E-state index in [-0.39, 0.29) is 23.7 Å². The summed E-state index contributed by atoms with van der Waals surface area (Å²) in [5.41, 5.74) is 0.710. The molecule has 0 aromatic heterocycles. The molecule has 2 heterocycles. The van der Waals surface area contributed by atoms with Gasteiger partial charge < -0.3 is 21.1 Å². The van der Waals surface area contributed by atoms with E-state index in [0.29, 0.717) is 11.8 Å². The van der Waals surface area contributed by atoms with E-state index in [2.05, 4.69) is 36.4 Å². The predicted octanol–water partition coefficient (Wildman–Crippen LogP) is 1.59. The summed E-state index contributed by atoms with van der Waals surface area (Å²) in [5, 5.41) is 18.5. The molecule has 0 aliphatic carbocycles. The van der Waals surface area contributed by atoms with Crippen molar-refractivity contribution in [2.45, 2.75) is 55.9 Å². The van der Waals surface area contributed by atoms with Crippen molar-refractivity contribution in [1.29, 1.82) is 0 Å². The first-order valence-electron chi connectivity index (χ1n) is 7.66. The van der Waals surface area contributed by atoms with Crippen LogP contribution < -0.4 is 16.0 Å². The molecule has 0 aromatic rings. The Hall–Kier alpha value is -0.880. The Balaban J connectivity index is 1.75. The third-order valence-electron chi connectivity index (χ3n) is 4.81. The lowest BCUT2D eigenvalue weighted by molar-refractivity contribution is 0.244. The number of aliphatic hydroxyl groups excluding tert-OH is 1. The van der Waals surface area contributed by atoms with Gasteiger partial charge in [0.25, 0.3) is 0 Å². The third-order valence-corrected chi connectivity index (χ3v) is 6.66. The number of fused-ring (bicyclic) bond motifs is 1. The summed E-state index contributed by atoms with van der Waals surface area (Å²) < 4.78 is 0. The maximum absolute atomic E-state index is 11.7. The van der Waals surface area contributed by atoms with Crippen LogP contribution in [0.3, 0.4) is 0 Å². The van der Waals surface area contributed by atoms with E-state index in [1.54, 1.807) is 0 Å². The van der Waals surface area contributed by atoms with Crippen molar-refractivity contribution in [2.75, 3.05) is 18.9 Å². The van der Waals surface area contributed by atoms with Crippen LogP contribution in [0.2, 0.25) is 0 Å². The van der Waals surface area contributed by atoms with Crippen molar-refractivity contribution in [3.8, 4) is 0 Å². The van der Waals surface area contributed by atoms with Crippen LogP contribution in [-0.4, -0.2) is 46.4 Å². The largest absolute Gasteiger partial charge is 0.395 e. The average molecular weight is 313 g/mol. The highest BCUT2D eigenvalue weighted by atomic mass is 32.2. The van der Waals surface area contributed by atoms with Crippen LogP contribution in [0.25, 0.3) is 0 Å². The Kier molecular flexibility index (Phi) is 5.09. The van der Waals surface area contributed by atoms with E-state index in [0.717, 1.165) is 37.1 Å². The van der Waals surface area contributed by atoms with Crippen molar-refractivity contribution in [1.82, 2.24) is 16.0 Å². The van der Waals surface area contributed by atoms with Crippen LogP contribution in [0, 0.1) is 0 Å². The number of urea groups is 1. The number of rotatable bonds is 8. The normalized spacial score (nSPS) is 34.2. The van der Waals surface area contributed by atoms with Crippen molar-refractivity contribution < 1.29 is 9.90 Å². The molecule has 2 amide bonds. The summed E-state index contributed by atoms with van der Waals surface area (Å²) in [6.45, 7) is 8.97. The highest BCUT2D eigenvalue weighted by Gasteiger charge is 2.60. The van der Waals surface area contributed by atoms with E-state index in [4.69, 9.17) is 5.11 Å². The SMILES string of the molecule is C=C(CCCCC1SCC2(C)NC(=O)NC12C)NCCO. The van der Waals surface area contributed by atoms with Crippen molar-refractivity contribution >= 4 is 17.8 Å². The average Bonchev–Trinajstić information content (AvgIpc) is 2.78. The molecule has 2 saturated heterocycles. The molecule has 21 heavy (non-hydrogen) atoms. The van der Waals surface area contributed by atoms with Gasteiger partial charge >= 0.3 is 6.03 Å². The van der Waals surface area contributed by atoms with Gasteiger partial charge in [-0.2, -0.15) is 11.8 Å². The van der Waals surface area contributed by atoms with Gasteiger partial charge in [-0.15, -0.1) is 0 Å². The van der Waals surface area contributed by atoms with Crippen LogP contribution in [0.1, 0.15) is 39.5 Å². The number of carbonyl (C=O) groups excluding carboxylic acids is 1. The zero-order valence-electron chi connectivity index (χ0n) is 13.0. The number of nitrogens with one attached hydrogen (secondary N) is 3. The molecule has 0 saturated carbocycles. The van der Waals surface area contributed by atoms with E-state index in [1.165, 1.54) is 0 Å². The number of thioether (sulfide) groups is 1. The molecule has 2 fully saturated rings. The van der Waals surface area contributed by atoms with Gasteiger partial charge in [-0.1, -0.05) is 13.0 Å². The lowest BCUT2D eigenvalue weighted by Crippen LogP contribution is -2.58. The Bertz CT molecular complexity index is 418. The molecule has 6 heteroatoms. The van der Waals surface area contributed by atoms with Crippen molar-refractivity contribution in [3.05, 3.63) is 12.3 Å². The summed E-state index contributed by atoms with van der Waals surface area (Å²) in [5.74, 6) is 0.970. The molecular formula is C15H27N3O2S. The van der Waals surface area contributed by atoms with Gasteiger partial charge in [-0.3, -0.25) is 0 Å². The number of allylic oxidation sites excluding steroid dienone is 1. The molecule has 2 aliphatic rings. The van der Waals surface area contributed by atoms with Crippen molar-refractivity contribution in [3.63, 3.8) is 0 Å². The van der Waals surface area contributed by atoms with Crippen molar-refractivity contribution in [2.24, 2.45) is 0 Å². The van der Waals surface area contributed by atoms with E-state index >= 15 is 0 Å². The quantitative estimate of drug-likeness (QED) is 0.406.